The second-order valence-electron chi connectivity index (χ2n) is 3.78. The maximum atomic E-state index is 10.7. The molecule has 0 radical (unpaired) electrons. The topological polar surface area (TPSA) is 96.9 Å². The van der Waals surface area contributed by atoms with Crippen LogP contribution in [0, 0.1) is 0 Å². The van der Waals surface area contributed by atoms with E-state index in [-0.39, 0.29) is 10.9 Å². The van der Waals surface area contributed by atoms with E-state index in [4.69, 9.17) is 0 Å². The number of rotatable bonds is 3. The average molecular weight is 252 g/mol. The van der Waals surface area contributed by atoms with Gasteiger partial charge in [0.1, 0.15) is 12.0 Å². The first-order chi connectivity index (χ1) is 8.08. The summed E-state index contributed by atoms with van der Waals surface area (Å²) in [5, 5.41) is 22.9. The van der Waals surface area contributed by atoms with Crippen LogP contribution in [0.1, 0.15) is 21.3 Å². The van der Waals surface area contributed by atoms with Crippen LogP contribution in [-0.2, 0) is 4.79 Å². The SMILES string of the molecule is O=C([O-])c1ccc([C@@H]2[NH2+][C@H](C(=O)[O-])CS2)cc1. The predicted molar refractivity (Wildman–Crippen MR) is 56.7 cm³/mol. The molecule has 17 heavy (non-hydrogen) atoms. The van der Waals surface area contributed by atoms with Crippen LogP contribution >= 0.6 is 11.8 Å². The predicted octanol–water partition coefficient (Wildman–Crippen LogP) is -2.52. The number of benzene rings is 1. The maximum absolute atomic E-state index is 10.7. The molecule has 0 amide bonds. The van der Waals surface area contributed by atoms with E-state index in [1.807, 2.05) is 0 Å². The standard InChI is InChI=1S/C11H11NO4S/c13-10(14)7-3-1-6(2-4-7)9-12-8(5-17-9)11(15)16/h1-4,8-9,12H,5H2,(H,13,14)(H,15,16)/p-1/t8-,9+/m0/s1. The number of aromatic carboxylic acids is 1. The first-order valence-corrected chi connectivity index (χ1v) is 6.11. The molecule has 2 N–H and O–H groups in total. The van der Waals surface area contributed by atoms with Gasteiger partial charge in [-0.1, -0.05) is 36.0 Å². The van der Waals surface area contributed by atoms with E-state index in [0.29, 0.717) is 5.75 Å². The fraction of sp³-hybridized carbons (Fsp3) is 0.273. The molecule has 1 aromatic rings. The lowest BCUT2D eigenvalue weighted by molar-refractivity contribution is -0.690. The summed E-state index contributed by atoms with van der Waals surface area (Å²) in [6, 6.07) is 5.75. The fourth-order valence-corrected chi connectivity index (χ4v) is 3.00. The molecular formula is C11H10NO4S-. The molecule has 1 aliphatic rings. The van der Waals surface area contributed by atoms with Gasteiger partial charge in [0.15, 0.2) is 5.37 Å². The Bertz CT molecular complexity index is 445. The highest BCUT2D eigenvalue weighted by Gasteiger charge is 2.30. The largest absolute Gasteiger partial charge is 0.545 e. The molecule has 2 rings (SSSR count). The number of thioether (sulfide) groups is 1. The van der Waals surface area contributed by atoms with Crippen molar-refractivity contribution in [1.29, 1.82) is 0 Å². The van der Waals surface area contributed by atoms with Gasteiger partial charge in [0.05, 0.1) is 11.7 Å². The first kappa shape index (κ1) is 11.9. The Kier molecular flexibility index (Phi) is 3.35. The highest BCUT2D eigenvalue weighted by Crippen LogP contribution is 2.26. The van der Waals surface area contributed by atoms with E-state index in [1.54, 1.807) is 17.4 Å². The van der Waals surface area contributed by atoms with Crippen molar-refractivity contribution in [3.8, 4) is 0 Å². The molecule has 1 aliphatic heterocycles. The second kappa shape index (κ2) is 4.77. The molecule has 0 bridgehead atoms. The van der Waals surface area contributed by atoms with Gasteiger partial charge in [-0.25, -0.2) is 0 Å². The lowest BCUT2D eigenvalue weighted by Crippen LogP contribution is -2.90. The normalized spacial score (nSPS) is 23.5. The fourth-order valence-electron chi connectivity index (χ4n) is 1.69. The summed E-state index contributed by atoms with van der Waals surface area (Å²) in [5.74, 6) is -1.78. The number of carbonyl (C=O) groups is 2. The van der Waals surface area contributed by atoms with E-state index in [2.05, 4.69) is 0 Å². The Hall–Kier alpha value is -1.53. The van der Waals surface area contributed by atoms with Crippen molar-refractivity contribution < 1.29 is 25.1 Å². The third-order valence-electron chi connectivity index (χ3n) is 2.64. The maximum Gasteiger partial charge on any atom is 0.159 e. The van der Waals surface area contributed by atoms with E-state index in [9.17, 15) is 19.8 Å². The van der Waals surface area contributed by atoms with E-state index in [0.717, 1.165) is 5.56 Å². The van der Waals surface area contributed by atoms with E-state index >= 15 is 0 Å². The summed E-state index contributed by atoms with van der Waals surface area (Å²) in [6.07, 6.45) is 0. The lowest BCUT2D eigenvalue weighted by Gasteiger charge is -2.11. The van der Waals surface area contributed by atoms with Crippen LogP contribution in [0.5, 0.6) is 0 Å². The van der Waals surface area contributed by atoms with Crippen LogP contribution in [-0.4, -0.2) is 23.7 Å². The number of aliphatic carboxylic acids is 1. The monoisotopic (exact) mass is 252 g/mol. The van der Waals surface area contributed by atoms with Gasteiger partial charge in [0.2, 0.25) is 0 Å². The molecule has 0 saturated carbocycles. The van der Waals surface area contributed by atoms with Gasteiger partial charge in [-0.15, -0.1) is 0 Å². The minimum absolute atomic E-state index is 0.0197. The van der Waals surface area contributed by atoms with Crippen LogP contribution in [0.25, 0.3) is 0 Å². The lowest BCUT2D eigenvalue weighted by atomic mass is 10.1. The van der Waals surface area contributed by atoms with Gasteiger partial charge in [-0.05, 0) is 5.56 Å². The van der Waals surface area contributed by atoms with Crippen molar-refractivity contribution in [2.45, 2.75) is 11.4 Å². The van der Waals surface area contributed by atoms with Crippen molar-refractivity contribution in [2.24, 2.45) is 0 Å². The zero-order valence-corrected chi connectivity index (χ0v) is 9.61. The molecule has 0 aromatic heterocycles. The molecule has 2 atom stereocenters. The first-order valence-electron chi connectivity index (χ1n) is 5.06. The zero-order valence-electron chi connectivity index (χ0n) is 8.79. The number of hydrogen-bond acceptors (Lipinski definition) is 5. The molecular weight excluding hydrogens is 242 g/mol. The number of nitrogens with two attached hydrogens (primary N) is 1. The number of hydrogen-bond donors (Lipinski definition) is 1. The number of quaternary nitrogens is 1. The highest BCUT2D eigenvalue weighted by molar-refractivity contribution is 7.99. The zero-order chi connectivity index (χ0) is 12.4. The smallest absolute Gasteiger partial charge is 0.159 e. The second-order valence-corrected chi connectivity index (χ2v) is 4.96. The van der Waals surface area contributed by atoms with Crippen LogP contribution in [0.4, 0.5) is 0 Å². The van der Waals surface area contributed by atoms with Gasteiger partial charge in [-0.2, -0.15) is 0 Å². The number of carbonyl (C=O) groups excluding carboxylic acids is 2. The quantitative estimate of drug-likeness (QED) is 0.640. The van der Waals surface area contributed by atoms with Gasteiger partial charge in [-0.3, -0.25) is 0 Å². The molecule has 1 heterocycles. The molecule has 1 aromatic carbocycles. The molecule has 0 aliphatic carbocycles. The summed E-state index contributed by atoms with van der Waals surface area (Å²) in [4.78, 5) is 21.2. The molecule has 5 nitrogen and oxygen atoms in total. The van der Waals surface area contributed by atoms with Crippen LogP contribution in [0.3, 0.4) is 0 Å². The van der Waals surface area contributed by atoms with Gasteiger partial charge in [0, 0.05) is 5.56 Å². The summed E-state index contributed by atoms with van der Waals surface area (Å²) < 4.78 is 0. The van der Waals surface area contributed by atoms with Crippen LogP contribution in [0.15, 0.2) is 24.3 Å². The van der Waals surface area contributed by atoms with Crippen molar-refractivity contribution in [3.05, 3.63) is 35.4 Å². The van der Waals surface area contributed by atoms with Gasteiger partial charge < -0.3 is 25.1 Å². The number of carboxylic acid groups (broad SMARTS) is 2. The minimum Gasteiger partial charge on any atom is -0.545 e. The molecule has 0 unspecified atom stereocenters. The summed E-state index contributed by atoms with van der Waals surface area (Å²) in [6.45, 7) is 0. The van der Waals surface area contributed by atoms with Crippen LogP contribution in [0.2, 0.25) is 0 Å². The van der Waals surface area contributed by atoms with Crippen molar-refractivity contribution in [3.63, 3.8) is 0 Å². The van der Waals surface area contributed by atoms with Crippen molar-refractivity contribution >= 4 is 23.7 Å². The highest BCUT2D eigenvalue weighted by atomic mass is 32.2. The Morgan fingerprint density at radius 3 is 2.35 bits per heavy atom. The average Bonchev–Trinajstić information content (AvgIpc) is 2.78. The van der Waals surface area contributed by atoms with E-state index < -0.39 is 18.0 Å². The summed E-state index contributed by atoms with van der Waals surface area (Å²) in [5.41, 5.74) is 1.01. The summed E-state index contributed by atoms with van der Waals surface area (Å²) >= 11 is 1.51. The third-order valence-corrected chi connectivity index (χ3v) is 3.98. The molecule has 90 valence electrons. The van der Waals surface area contributed by atoms with Gasteiger partial charge >= 0.3 is 0 Å². The number of carboxylic acids is 2. The minimum atomic E-state index is -1.22. The van der Waals surface area contributed by atoms with Gasteiger partial charge in [0.25, 0.3) is 0 Å². The molecule has 0 spiro atoms. The Morgan fingerprint density at radius 2 is 1.88 bits per heavy atom. The van der Waals surface area contributed by atoms with E-state index in [1.165, 1.54) is 23.9 Å². The molecule has 1 saturated heterocycles. The van der Waals surface area contributed by atoms with Crippen molar-refractivity contribution in [2.75, 3.05) is 5.75 Å². The van der Waals surface area contributed by atoms with Crippen LogP contribution < -0.4 is 15.5 Å². The Balaban J connectivity index is 2.09. The Morgan fingerprint density at radius 1 is 1.24 bits per heavy atom. The Labute approximate surface area is 102 Å². The van der Waals surface area contributed by atoms with Crippen molar-refractivity contribution in [1.82, 2.24) is 0 Å². The molecule has 1 fully saturated rings. The summed E-state index contributed by atoms with van der Waals surface area (Å²) in [7, 11) is 0. The third kappa shape index (κ3) is 2.59. The molecule has 6 heteroatoms.